The zero-order chi connectivity index (χ0) is 21.7. The second-order valence-corrected chi connectivity index (χ2v) is 8.30. The average Bonchev–Trinajstić information content (AvgIpc) is 2.72. The van der Waals surface area contributed by atoms with Crippen LogP contribution in [0.4, 0.5) is 11.4 Å². The minimum absolute atomic E-state index is 0.117. The molecule has 0 spiro atoms. The summed E-state index contributed by atoms with van der Waals surface area (Å²) in [6.07, 6.45) is 0.117. The van der Waals surface area contributed by atoms with Crippen molar-refractivity contribution in [1.82, 2.24) is 4.90 Å². The van der Waals surface area contributed by atoms with E-state index in [0.717, 1.165) is 11.3 Å². The average molecular weight is 446 g/mol. The highest BCUT2D eigenvalue weighted by molar-refractivity contribution is 8.15. The lowest BCUT2D eigenvalue weighted by Gasteiger charge is -2.31. The van der Waals surface area contributed by atoms with E-state index in [0.29, 0.717) is 34.7 Å². The molecule has 1 fully saturated rings. The standard InChI is InChI=1S/C22H24ClN3O3S/c1-4-26-20(27)13-19(21(28)24-16-7-6-14(3)18(23)12-16)30-22(26)25-15-8-10-17(11-9-15)29-5-2/h6-12,19H,4-5,13H2,1-3H3,(H,24,28). The number of nitrogens with zero attached hydrogens (tertiary/aromatic N) is 2. The van der Waals surface area contributed by atoms with Crippen LogP contribution >= 0.6 is 23.4 Å². The minimum atomic E-state index is -0.568. The van der Waals surface area contributed by atoms with Crippen molar-refractivity contribution in [2.45, 2.75) is 32.4 Å². The first-order chi connectivity index (χ1) is 14.4. The van der Waals surface area contributed by atoms with Gasteiger partial charge in [0.15, 0.2) is 5.17 Å². The Balaban J connectivity index is 1.78. The molecule has 6 nitrogen and oxygen atoms in total. The number of hydrogen-bond acceptors (Lipinski definition) is 5. The Labute approximate surface area is 185 Å². The largest absolute Gasteiger partial charge is 0.494 e. The number of hydrogen-bond donors (Lipinski definition) is 1. The number of thioether (sulfide) groups is 1. The Morgan fingerprint density at radius 1 is 1.27 bits per heavy atom. The van der Waals surface area contributed by atoms with Gasteiger partial charge >= 0.3 is 0 Å². The number of anilines is 1. The Kier molecular flexibility index (Phi) is 7.39. The van der Waals surface area contributed by atoms with E-state index in [9.17, 15) is 9.59 Å². The van der Waals surface area contributed by atoms with Gasteiger partial charge in [-0.15, -0.1) is 0 Å². The summed E-state index contributed by atoms with van der Waals surface area (Å²) in [5.41, 5.74) is 2.23. The molecule has 30 heavy (non-hydrogen) atoms. The second kappa shape index (κ2) is 10.00. The third-order valence-corrected chi connectivity index (χ3v) is 6.16. The number of benzene rings is 2. The van der Waals surface area contributed by atoms with Crippen LogP contribution in [0.2, 0.25) is 5.02 Å². The molecule has 1 saturated heterocycles. The molecule has 1 aliphatic rings. The van der Waals surface area contributed by atoms with Gasteiger partial charge in [0, 0.05) is 23.7 Å². The summed E-state index contributed by atoms with van der Waals surface area (Å²) in [5, 5.41) is 3.38. The summed E-state index contributed by atoms with van der Waals surface area (Å²) >= 11 is 7.43. The topological polar surface area (TPSA) is 71.0 Å². The van der Waals surface area contributed by atoms with Gasteiger partial charge in [-0.05, 0) is 62.7 Å². The zero-order valence-corrected chi connectivity index (χ0v) is 18.7. The zero-order valence-electron chi connectivity index (χ0n) is 17.1. The van der Waals surface area contributed by atoms with Crippen LogP contribution in [0.15, 0.2) is 47.5 Å². The van der Waals surface area contributed by atoms with Crippen molar-refractivity contribution in [3.05, 3.63) is 53.1 Å². The molecule has 0 bridgehead atoms. The molecule has 1 unspecified atom stereocenters. The van der Waals surface area contributed by atoms with Crippen LogP contribution in [0.25, 0.3) is 0 Å². The number of halogens is 1. The number of rotatable bonds is 6. The maximum atomic E-state index is 12.8. The molecule has 0 aliphatic carbocycles. The Morgan fingerprint density at radius 3 is 2.63 bits per heavy atom. The number of carbonyl (C=O) groups is 2. The molecule has 2 aromatic rings. The molecule has 0 radical (unpaired) electrons. The molecule has 0 saturated carbocycles. The van der Waals surface area contributed by atoms with Gasteiger partial charge in [-0.1, -0.05) is 29.4 Å². The molecule has 8 heteroatoms. The summed E-state index contributed by atoms with van der Waals surface area (Å²) in [5.74, 6) is 0.390. The number of amidine groups is 1. The van der Waals surface area contributed by atoms with E-state index < -0.39 is 5.25 Å². The lowest BCUT2D eigenvalue weighted by molar-refractivity contribution is -0.129. The molecule has 1 heterocycles. The molecule has 2 amide bonds. The Bertz CT molecular complexity index is 963. The van der Waals surface area contributed by atoms with Gasteiger partial charge in [0.2, 0.25) is 11.8 Å². The maximum absolute atomic E-state index is 12.8. The molecule has 1 N–H and O–H groups in total. The fourth-order valence-corrected chi connectivity index (χ4v) is 4.28. The van der Waals surface area contributed by atoms with Crippen LogP contribution in [-0.4, -0.2) is 40.3 Å². The van der Waals surface area contributed by atoms with Gasteiger partial charge in [-0.25, -0.2) is 4.99 Å². The molecule has 3 rings (SSSR count). The van der Waals surface area contributed by atoms with Crippen molar-refractivity contribution in [1.29, 1.82) is 0 Å². The van der Waals surface area contributed by atoms with E-state index in [1.54, 1.807) is 17.0 Å². The second-order valence-electron chi connectivity index (χ2n) is 6.72. The van der Waals surface area contributed by atoms with Crippen molar-refractivity contribution in [2.75, 3.05) is 18.5 Å². The Morgan fingerprint density at radius 2 is 2.00 bits per heavy atom. The summed E-state index contributed by atoms with van der Waals surface area (Å²) in [6, 6.07) is 12.7. The third-order valence-electron chi connectivity index (χ3n) is 4.56. The molecule has 158 valence electrons. The predicted molar refractivity (Wildman–Crippen MR) is 123 cm³/mol. The summed E-state index contributed by atoms with van der Waals surface area (Å²) in [6.45, 7) is 6.79. The predicted octanol–water partition coefficient (Wildman–Crippen LogP) is 5.03. The van der Waals surface area contributed by atoms with Crippen LogP contribution in [0.5, 0.6) is 5.75 Å². The van der Waals surface area contributed by atoms with Crippen molar-refractivity contribution in [3.63, 3.8) is 0 Å². The van der Waals surface area contributed by atoms with Crippen molar-refractivity contribution in [2.24, 2.45) is 4.99 Å². The van der Waals surface area contributed by atoms with Crippen LogP contribution in [0.3, 0.4) is 0 Å². The monoisotopic (exact) mass is 445 g/mol. The fourth-order valence-electron chi connectivity index (χ4n) is 2.94. The fraction of sp³-hybridized carbons (Fsp3) is 0.318. The number of nitrogens with one attached hydrogen (secondary N) is 1. The molecule has 2 aromatic carbocycles. The quantitative estimate of drug-likeness (QED) is 0.677. The lowest BCUT2D eigenvalue weighted by atomic mass is 10.2. The lowest BCUT2D eigenvalue weighted by Crippen LogP contribution is -2.45. The van der Waals surface area contributed by atoms with E-state index in [-0.39, 0.29) is 18.2 Å². The van der Waals surface area contributed by atoms with Gasteiger partial charge in [-0.2, -0.15) is 0 Å². The van der Waals surface area contributed by atoms with Gasteiger partial charge in [0.25, 0.3) is 0 Å². The van der Waals surface area contributed by atoms with Gasteiger partial charge in [0.05, 0.1) is 12.3 Å². The number of amides is 2. The summed E-state index contributed by atoms with van der Waals surface area (Å²) in [7, 11) is 0. The number of aryl methyl sites for hydroxylation is 1. The van der Waals surface area contributed by atoms with Gasteiger partial charge in [-0.3, -0.25) is 14.5 Å². The summed E-state index contributed by atoms with van der Waals surface area (Å²) in [4.78, 5) is 31.7. The maximum Gasteiger partial charge on any atom is 0.238 e. The van der Waals surface area contributed by atoms with Crippen molar-refractivity contribution < 1.29 is 14.3 Å². The smallest absolute Gasteiger partial charge is 0.238 e. The number of aliphatic imine (C=N–C) groups is 1. The number of ether oxygens (including phenoxy) is 1. The van der Waals surface area contributed by atoms with E-state index >= 15 is 0 Å². The van der Waals surface area contributed by atoms with E-state index in [1.165, 1.54) is 11.8 Å². The minimum Gasteiger partial charge on any atom is -0.494 e. The summed E-state index contributed by atoms with van der Waals surface area (Å²) < 4.78 is 5.45. The SMILES string of the molecule is CCOc1ccc(N=C2SC(C(=O)Nc3ccc(C)c(Cl)c3)CC(=O)N2CC)cc1. The molecular weight excluding hydrogens is 422 g/mol. The van der Waals surface area contributed by atoms with Crippen LogP contribution in [0.1, 0.15) is 25.8 Å². The van der Waals surface area contributed by atoms with Crippen molar-refractivity contribution >= 4 is 51.7 Å². The first kappa shape index (κ1) is 22.2. The molecule has 0 aromatic heterocycles. The van der Waals surface area contributed by atoms with Gasteiger partial charge in [0.1, 0.15) is 11.0 Å². The number of carbonyl (C=O) groups excluding carboxylic acids is 2. The molecule has 1 atom stereocenters. The highest BCUT2D eigenvalue weighted by atomic mass is 35.5. The first-order valence-corrected chi connectivity index (χ1v) is 11.0. The van der Waals surface area contributed by atoms with E-state index in [2.05, 4.69) is 10.3 Å². The van der Waals surface area contributed by atoms with E-state index in [4.69, 9.17) is 16.3 Å². The van der Waals surface area contributed by atoms with Crippen LogP contribution in [-0.2, 0) is 9.59 Å². The third kappa shape index (κ3) is 5.34. The van der Waals surface area contributed by atoms with Crippen LogP contribution in [0, 0.1) is 6.92 Å². The van der Waals surface area contributed by atoms with Crippen LogP contribution < -0.4 is 10.1 Å². The molecule has 1 aliphatic heterocycles. The highest BCUT2D eigenvalue weighted by Crippen LogP contribution is 2.30. The molecular formula is C22H24ClN3O3S. The van der Waals surface area contributed by atoms with E-state index in [1.807, 2.05) is 51.1 Å². The normalized spacial score (nSPS) is 17.9. The Hall–Kier alpha value is -2.51. The van der Waals surface area contributed by atoms with Crippen molar-refractivity contribution in [3.8, 4) is 5.75 Å². The first-order valence-electron chi connectivity index (χ1n) is 9.76. The van der Waals surface area contributed by atoms with Gasteiger partial charge < -0.3 is 10.1 Å². The highest BCUT2D eigenvalue weighted by Gasteiger charge is 2.35.